The molecule has 0 saturated heterocycles. The molecular formula is C25H25ClN2O6S. The van der Waals surface area contributed by atoms with Crippen molar-refractivity contribution in [2.45, 2.75) is 13.0 Å². The second-order valence-corrected chi connectivity index (χ2v) is 8.68. The number of methoxy groups -OCH3 is 2. The fraction of sp³-hybridized carbons (Fsp3) is 0.240. The van der Waals surface area contributed by atoms with Crippen molar-refractivity contribution in [1.82, 2.24) is 0 Å². The quantitative estimate of drug-likeness (QED) is 0.182. The van der Waals surface area contributed by atoms with Gasteiger partial charge in [-0.15, -0.1) is 0 Å². The number of rotatable bonds is 10. The predicted octanol–water partition coefficient (Wildman–Crippen LogP) is 5.61. The number of carbonyl (C=O) groups excluding carboxylic acids is 1. The van der Waals surface area contributed by atoms with Crippen molar-refractivity contribution in [3.05, 3.63) is 70.4 Å². The molecule has 1 aromatic heterocycles. The maximum atomic E-state index is 13.3. The zero-order chi connectivity index (χ0) is 25.5. The Labute approximate surface area is 212 Å². The highest BCUT2D eigenvalue weighted by atomic mass is 35.5. The van der Waals surface area contributed by atoms with E-state index in [2.05, 4.69) is 0 Å². The van der Waals surface area contributed by atoms with E-state index in [0.717, 1.165) is 11.8 Å². The second kappa shape index (κ2) is 12.0. The van der Waals surface area contributed by atoms with E-state index in [1.165, 1.54) is 14.2 Å². The number of thioether (sulfide) groups is 1. The van der Waals surface area contributed by atoms with Crippen molar-refractivity contribution in [3.8, 4) is 22.8 Å². The van der Waals surface area contributed by atoms with Crippen LogP contribution in [0.15, 0.2) is 52.9 Å². The molecule has 0 bridgehead atoms. The summed E-state index contributed by atoms with van der Waals surface area (Å²) in [5, 5.41) is 25.0. The number of nitrogens with one attached hydrogen (secondary N) is 2. The highest BCUT2D eigenvalue weighted by molar-refractivity contribution is 8.26. The number of furan rings is 1. The predicted molar refractivity (Wildman–Crippen MR) is 137 cm³/mol. The minimum Gasteiger partial charge on any atom is -0.495 e. The fourth-order valence-corrected chi connectivity index (χ4v) is 4.11. The lowest BCUT2D eigenvalue weighted by Gasteiger charge is -2.16. The van der Waals surface area contributed by atoms with Gasteiger partial charge in [-0.2, -0.15) is 0 Å². The molecule has 0 spiro atoms. The van der Waals surface area contributed by atoms with Crippen LogP contribution in [0.3, 0.4) is 0 Å². The zero-order valence-corrected chi connectivity index (χ0v) is 21.0. The standard InChI is InChI=1S/C25H25ClN2O6S/c1-4-33-24(14-5-7-15(8-6-14)25(28)35-21(27)13-29)23(30)18-10-9-17(34-18)16-11-19(31-2)22(26)20(12-16)32-3/h5-12,24,27-29H,4,13H2,1-3H3. The van der Waals surface area contributed by atoms with Gasteiger partial charge in [-0.3, -0.25) is 15.6 Å². The number of hydrogen-bond donors (Lipinski definition) is 3. The number of carbonyl (C=O) groups is 1. The molecule has 3 aromatic rings. The second-order valence-electron chi connectivity index (χ2n) is 7.19. The van der Waals surface area contributed by atoms with Crippen molar-refractivity contribution in [3.63, 3.8) is 0 Å². The monoisotopic (exact) mass is 516 g/mol. The average molecular weight is 517 g/mol. The normalized spacial score (nSPS) is 11.7. The molecule has 2 aromatic carbocycles. The average Bonchev–Trinajstić information content (AvgIpc) is 3.37. The molecular weight excluding hydrogens is 492 g/mol. The lowest BCUT2D eigenvalue weighted by Crippen LogP contribution is -2.16. The van der Waals surface area contributed by atoms with E-state index in [1.54, 1.807) is 55.5 Å². The van der Waals surface area contributed by atoms with Crippen LogP contribution >= 0.6 is 23.4 Å². The Morgan fingerprint density at radius 2 is 1.71 bits per heavy atom. The van der Waals surface area contributed by atoms with Crippen molar-refractivity contribution in [1.29, 1.82) is 10.8 Å². The van der Waals surface area contributed by atoms with E-state index >= 15 is 0 Å². The smallest absolute Gasteiger partial charge is 0.231 e. The van der Waals surface area contributed by atoms with Crippen LogP contribution in [-0.4, -0.2) is 48.4 Å². The molecule has 3 rings (SSSR count). The van der Waals surface area contributed by atoms with Gasteiger partial charge < -0.3 is 23.7 Å². The van der Waals surface area contributed by atoms with Gasteiger partial charge in [0.2, 0.25) is 5.78 Å². The maximum Gasteiger partial charge on any atom is 0.231 e. The van der Waals surface area contributed by atoms with Crippen LogP contribution in [0, 0.1) is 10.8 Å². The van der Waals surface area contributed by atoms with E-state index < -0.39 is 12.7 Å². The zero-order valence-electron chi connectivity index (χ0n) is 19.4. The first kappa shape index (κ1) is 26.5. The first-order valence-corrected chi connectivity index (χ1v) is 11.7. The third-order valence-electron chi connectivity index (χ3n) is 5.00. The Bertz CT molecular complexity index is 1200. The van der Waals surface area contributed by atoms with Crippen molar-refractivity contribution >= 4 is 39.2 Å². The van der Waals surface area contributed by atoms with Gasteiger partial charge in [0.25, 0.3) is 0 Å². The van der Waals surface area contributed by atoms with Crippen LogP contribution in [0.5, 0.6) is 11.5 Å². The molecule has 35 heavy (non-hydrogen) atoms. The van der Waals surface area contributed by atoms with Crippen LogP contribution in [0.25, 0.3) is 11.3 Å². The molecule has 8 nitrogen and oxygen atoms in total. The largest absolute Gasteiger partial charge is 0.495 e. The van der Waals surface area contributed by atoms with E-state index in [4.69, 9.17) is 46.2 Å². The van der Waals surface area contributed by atoms with Crippen LogP contribution < -0.4 is 9.47 Å². The van der Waals surface area contributed by atoms with Gasteiger partial charge in [0.15, 0.2) is 5.76 Å². The van der Waals surface area contributed by atoms with Crippen molar-refractivity contribution in [2.24, 2.45) is 0 Å². The van der Waals surface area contributed by atoms with Crippen molar-refractivity contribution in [2.75, 3.05) is 27.4 Å². The summed E-state index contributed by atoms with van der Waals surface area (Å²) in [6.45, 7) is 1.67. The summed E-state index contributed by atoms with van der Waals surface area (Å²) in [4.78, 5) is 13.3. The maximum absolute atomic E-state index is 13.3. The topological polar surface area (TPSA) is 126 Å². The van der Waals surface area contributed by atoms with E-state index in [9.17, 15) is 4.79 Å². The third kappa shape index (κ3) is 6.12. The Hall–Kier alpha value is -3.11. The number of hydrogen-bond acceptors (Lipinski definition) is 9. The number of ketones is 1. The molecule has 0 fully saturated rings. The molecule has 0 radical (unpaired) electrons. The highest BCUT2D eigenvalue weighted by Crippen LogP contribution is 2.39. The number of aliphatic hydroxyl groups excluding tert-OH is 1. The Kier molecular flexibility index (Phi) is 9.11. The molecule has 0 aliphatic heterocycles. The number of aliphatic hydroxyl groups is 1. The van der Waals surface area contributed by atoms with Gasteiger partial charge in [-0.1, -0.05) is 47.6 Å². The van der Waals surface area contributed by atoms with Crippen LogP contribution in [0.4, 0.5) is 0 Å². The number of Topliss-reactive ketones (excluding diaryl/α,β-unsaturated/α-hetero) is 1. The van der Waals surface area contributed by atoms with Gasteiger partial charge in [0, 0.05) is 17.7 Å². The molecule has 1 atom stereocenters. The molecule has 3 N–H and O–H groups in total. The fourth-order valence-electron chi connectivity index (χ4n) is 3.28. The lowest BCUT2D eigenvalue weighted by atomic mass is 10.0. The van der Waals surface area contributed by atoms with Gasteiger partial charge in [-0.05, 0) is 36.8 Å². The molecule has 0 amide bonds. The Morgan fingerprint density at radius 1 is 1.09 bits per heavy atom. The Morgan fingerprint density at radius 3 is 2.26 bits per heavy atom. The van der Waals surface area contributed by atoms with Crippen LogP contribution in [0.2, 0.25) is 5.02 Å². The van der Waals surface area contributed by atoms with E-state index in [1.807, 2.05) is 0 Å². The molecule has 0 aliphatic rings. The molecule has 0 aliphatic carbocycles. The van der Waals surface area contributed by atoms with Gasteiger partial charge in [0.1, 0.15) is 33.4 Å². The summed E-state index contributed by atoms with van der Waals surface area (Å²) >= 11 is 7.11. The number of ether oxygens (including phenoxy) is 3. The van der Waals surface area contributed by atoms with E-state index in [-0.39, 0.29) is 21.6 Å². The number of benzene rings is 2. The molecule has 1 heterocycles. The number of halogens is 1. The summed E-state index contributed by atoms with van der Waals surface area (Å²) in [5.41, 5.74) is 1.79. The highest BCUT2D eigenvalue weighted by Gasteiger charge is 2.26. The van der Waals surface area contributed by atoms with Gasteiger partial charge in [0.05, 0.1) is 25.9 Å². The molecule has 0 saturated carbocycles. The van der Waals surface area contributed by atoms with Crippen LogP contribution in [-0.2, 0) is 4.74 Å². The minimum absolute atomic E-state index is 0.0222. The Balaban J connectivity index is 1.86. The van der Waals surface area contributed by atoms with Gasteiger partial charge in [-0.25, -0.2) is 0 Å². The van der Waals surface area contributed by atoms with Crippen molar-refractivity contribution < 1.29 is 28.5 Å². The van der Waals surface area contributed by atoms with E-state index in [0.29, 0.717) is 45.6 Å². The molecule has 10 heteroatoms. The van der Waals surface area contributed by atoms with Crippen LogP contribution in [0.1, 0.15) is 34.7 Å². The summed E-state index contributed by atoms with van der Waals surface area (Å²) < 4.78 is 22.2. The summed E-state index contributed by atoms with van der Waals surface area (Å²) in [6.07, 6.45) is -0.903. The SMILES string of the molecule is CCOC(C(=O)c1ccc(-c2cc(OC)c(Cl)c(OC)c2)o1)c1ccc(C(=N)SC(=N)CO)cc1. The summed E-state index contributed by atoms with van der Waals surface area (Å²) in [5.74, 6) is 1.02. The first-order valence-electron chi connectivity index (χ1n) is 10.5. The van der Waals surface area contributed by atoms with Gasteiger partial charge >= 0.3 is 0 Å². The summed E-state index contributed by atoms with van der Waals surface area (Å²) in [7, 11) is 2.99. The lowest BCUT2D eigenvalue weighted by molar-refractivity contribution is 0.0428. The minimum atomic E-state index is -0.903. The third-order valence-corrected chi connectivity index (χ3v) is 6.18. The summed E-state index contributed by atoms with van der Waals surface area (Å²) in [6, 6.07) is 13.4. The first-order chi connectivity index (χ1) is 16.8. The molecule has 1 unspecified atom stereocenters. The molecule has 184 valence electrons.